The van der Waals surface area contributed by atoms with E-state index in [-0.39, 0.29) is 16.6 Å². The Morgan fingerprint density at radius 1 is 1.30 bits per heavy atom. The second-order valence-electron chi connectivity index (χ2n) is 9.93. The zero-order valence-electron chi connectivity index (χ0n) is 19.5. The molecular formula is C24H32N6O3. The first-order chi connectivity index (χ1) is 15.7. The molecule has 33 heavy (non-hydrogen) atoms. The maximum absolute atomic E-state index is 12.7. The Morgan fingerprint density at radius 3 is 2.73 bits per heavy atom. The average Bonchev–Trinajstić information content (AvgIpc) is 3.40. The SMILES string of the molecule is Cc1cn(C2(Cn3cc(O)c(=O)c(C(=O)NCC(C)(C)CN)n3)CCCC2)c2ncccc12. The quantitative estimate of drug-likeness (QED) is 0.505. The van der Waals surface area contributed by atoms with E-state index < -0.39 is 17.1 Å². The van der Waals surface area contributed by atoms with Gasteiger partial charge in [-0.2, -0.15) is 5.10 Å². The second kappa shape index (κ2) is 8.62. The van der Waals surface area contributed by atoms with E-state index in [0.717, 1.165) is 42.3 Å². The third kappa shape index (κ3) is 4.37. The number of nitrogens with one attached hydrogen (secondary N) is 1. The molecule has 176 valence electrons. The molecule has 1 aliphatic carbocycles. The molecule has 0 radical (unpaired) electrons. The lowest BCUT2D eigenvalue weighted by Gasteiger charge is -2.32. The van der Waals surface area contributed by atoms with Crippen LogP contribution in [0, 0.1) is 12.3 Å². The Bertz CT molecular complexity index is 1240. The van der Waals surface area contributed by atoms with Crippen LogP contribution in [0.1, 0.15) is 55.6 Å². The van der Waals surface area contributed by atoms with Gasteiger partial charge in [0.15, 0.2) is 11.4 Å². The van der Waals surface area contributed by atoms with Gasteiger partial charge in [0.05, 0.1) is 18.3 Å². The van der Waals surface area contributed by atoms with E-state index in [4.69, 9.17) is 5.73 Å². The smallest absolute Gasteiger partial charge is 0.275 e. The van der Waals surface area contributed by atoms with Crippen LogP contribution in [0.4, 0.5) is 0 Å². The largest absolute Gasteiger partial charge is 0.503 e. The minimum atomic E-state index is -0.779. The van der Waals surface area contributed by atoms with Gasteiger partial charge in [-0.3, -0.25) is 14.3 Å². The van der Waals surface area contributed by atoms with Crippen LogP contribution < -0.4 is 16.5 Å². The second-order valence-corrected chi connectivity index (χ2v) is 9.93. The molecule has 0 unspecified atom stereocenters. The van der Waals surface area contributed by atoms with E-state index in [0.29, 0.717) is 19.6 Å². The zero-order chi connectivity index (χ0) is 23.8. The van der Waals surface area contributed by atoms with Crippen LogP contribution in [0.3, 0.4) is 0 Å². The monoisotopic (exact) mass is 452 g/mol. The van der Waals surface area contributed by atoms with Crippen LogP contribution in [0.2, 0.25) is 0 Å². The number of aryl methyl sites for hydroxylation is 1. The summed E-state index contributed by atoms with van der Waals surface area (Å²) in [6.07, 6.45) is 9.15. The van der Waals surface area contributed by atoms with Crippen molar-refractivity contribution in [3.05, 3.63) is 52.2 Å². The van der Waals surface area contributed by atoms with Crippen molar-refractivity contribution in [1.29, 1.82) is 0 Å². The topological polar surface area (TPSA) is 128 Å². The number of amides is 1. The lowest BCUT2D eigenvalue weighted by atomic mass is 9.94. The molecule has 0 aliphatic heterocycles. The Morgan fingerprint density at radius 2 is 2.03 bits per heavy atom. The molecule has 0 aromatic carbocycles. The predicted octanol–water partition coefficient (Wildman–Crippen LogP) is 2.29. The van der Waals surface area contributed by atoms with Gasteiger partial charge in [0.2, 0.25) is 0 Å². The highest BCUT2D eigenvalue weighted by molar-refractivity contribution is 5.92. The first-order valence-electron chi connectivity index (χ1n) is 11.4. The van der Waals surface area contributed by atoms with Gasteiger partial charge in [-0.05, 0) is 49.4 Å². The zero-order valence-corrected chi connectivity index (χ0v) is 19.5. The first kappa shape index (κ1) is 23.0. The van der Waals surface area contributed by atoms with Gasteiger partial charge in [-0.15, -0.1) is 0 Å². The minimum absolute atomic E-state index is 0.295. The van der Waals surface area contributed by atoms with E-state index in [1.165, 1.54) is 10.9 Å². The number of nitrogens with two attached hydrogens (primary N) is 1. The molecule has 1 amide bonds. The van der Waals surface area contributed by atoms with Gasteiger partial charge in [0.25, 0.3) is 11.3 Å². The molecule has 9 heteroatoms. The molecule has 9 nitrogen and oxygen atoms in total. The number of carbonyl (C=O) groups excluding carboxylic acids is 1. The summed E-state index contributed by atoms with van der Waals surface area (Å²) in [5.41, 5.74) is 6.05. The normalized spacial score (nSPS) is 15.8. The molecular weight excluding hydrogens is 420 g/mol. The van der Waals surface area contributed by atoms with Crippen molar-refractivity contribution >= 4 is 16.9 Å². The van der Waals surface area contributed by atoms with Crippen molar-refractivity contribution in [2.45, 2.75) is 58.5 Å². The lowest BCUT2D eigenvalue weighted by Crippen LogP contribution is -2.41. The van der Waals surface area contributed by atoms with Crippen LogP contribution in [-0.2, 0) is 12.1 Å². The van der Waals surface area contributed by atoms with E-state index >= 15 is 0 Å². The fraction of sp³-hybridized carbons (Fsp3) is 0.500. The lowest BCUT2D eigenvalue weighted by molar-refractivity contribution is 0.0927. The summed E-state index contributed by atoms with van der Waals surface area (Å²) in [4.78, 5) is 29.9. The number of fused-ring (bicyclic) bond motifs is 1. The fourth-order valence-electron chi connectivity index (χ4n) is 4.62. The van der Waals surface area contributed by atoms with Crippen LogP contribution in [0.15, 0.2) is 35.5 Å². The fourth-order valence-corrected chi connectivity index (χ4v) is 4.62. The van der Waals surface area contributed by atoms with Crippen molar-refractivity contribution in [3.63, 3.8) is 0 Å². The molecule has 0 atom stereocenters. The van der Waals surface area contributed by atoms with Crippen LogP contribution >= 0.6 is 0 Å². The molecule has 1 saturated carbocycles. The summed E-state index contributed by atoms with van der Waals surface area (Å²) in [6, 6.07) is 3.99. The Labute approximate surface area is 192 Å². The Balaban J connectivity index is 1.70. The highest BCUT2D eigenvalue weighted by Gasteiger charge is 2.38. The van der Waals surface area contributed by atoms with Crippen molar-refractivity contribution in [2.24, 2.45) is 11.1 Å². The van der Waals surface area contributed by atoms with E-state index in [2.05, 4.69) is 39.2 Å². The summed E-state index contributed by atoms with van der Waals surface area (Å²) < 4.78 is 3.74. The summed E-state index contributed by atoms with van der Waals surface area (Å²) in [5, 5.41) is 18.5. The number of hydrogen-bond donors (Lipinski definition) is 3. The van der Waals surface area contributed by atoms with E-state index in [1.54, 1.807) is 6.20 Å². The molecule has 1 aliphatic rings. The average molecular weight is 453 g/mol. The van der Waals surface area contributed by atoms with Crippen LogP contribution in [-0.4, -0.2) is 43.4 Å². The van der Waals surface area contributed by atoms with Crippen molar-refractivity contribution in [3.8, 4) is 5.75 Å². The summed E-state index contributed by atoms with van der Waals surface area (Å²) in [5.74, 6) is -1.11. The number of hydrogen-bond acceptors (Lipinski definition) is 6. The van der Waals surface area contributed by atoms with E-state index in [1.807, 2.05) is 19.9 Å². The standard InChI is InChI=1S/C24H32N6O3/c1-16-11-30(21-17(16)7-6-10-26-21)24(8-4-5-9-24)15-29-12-18(31)20(32)19(28-29)22(33)27-14-23(2,3)13-25/h6-7,10-12,31H,4-5,8-9,13-15,25H2,1-3H3,(H,27,33). The molecule has 0 spiro atoms. The third-order valence-corrected chi connectivity index (χ3v) is 6.71. The number of rotatable bonds is 7. The molecule has 0 saturated heterocycles. The van der Waals surface area contributed by atoms with E-state index in [9.17, 15) is 14.7 Å². The summed E-state index contributed by atoms with van der Waals surface area (Å²) >= 11 is 0. The van der Waals surface area contributed by atoms with Gasteiger partial charge < -0.3 is 20.7 Å². The number of carbonyl (C=O) groups is 1. The first-order valence-corrected chi connectivity index (χ1v) is 11.4. The van der Waals surface area contributed by atoms with Crippen molar-refractivity contribution in [1.82, 2.24) is 24.6 Å². The molecule has 4 rings (SSSR count). The number of aromatic nitrogens is 4. The van der Waals surface area contributed by atoms with Crippen LogP contribution in [0.5, 0.6) is 5.75 Å². The number of nitrogens with zero attached hydrogens (tertiary/aromatic N) is 4. The molecule has 3 aromatic rings. The highest BCUT2D eigenvalue weighted by Crippen LogP contribution is 2.40. The molecule has 1 fully saturated rings. The maximum atomic E-state index is 12.7. The summed E-state index contributed by atoms with van der Waals surface area (Å²) in [7, 11) is 0. The van der Waals surface area contributed by atoms with Gasteiger partial charge in [0, 0.05) is 24.3 Å². The van der Waals surface area contributed by atoms with Gasteiger partial charge in [-0.1, -0.05) is 26.7 Å². The number of pyridine rings is 1. The van der Waals surface area contributed by atoms with Gasteiger partial charge in [0.1, 0.15) is 5.65 Å². The third-order valence-electron chi connectivity index (χ3n) is 6.71. The predicted molar refractivity (Wildman–Crippen MR) is 126 cm³/mol. The van der Waals surface area contributed by atoms with Crippen LogP contribution in [0.25, 0.3) is 11.0 Å². The Kier molecular flexibility index (Phi) is 6.00. The molecule has 4 N–H and O–H groups in total. The molecule has 3 heterocycles. The molecule has 3 aromatic heterocycles. The molecule has 0 bridgehead atoms. The maximum Gasteiger partial charge on any atom is 0.275 e. The minimum Gasteiger partial charge on any atom is -0.503 e. The van der Waals surface area contributed by atoms with Crippen molar-refractivity contribution in [2.75, 3.05) is 13.1 Å². The van der Waals surface area contributed by atoms with Gasteiger partial charge in [-0.25, -0.2) is 4.98 Å². The summed E-state index contributed by atoms with van der Waals surface area (Å²) in [6.45, 7) is 6.99. The highest BCUT2D eigenvalue weighted by atomic mass is 16.3. The number of aromatic hydroxyl groups is 1. The van der Waals surface area contributed by atoms with Gasteiger partial charge >= 0.3 is 0 Å². The van der Waals surface area contributed by atoms with Crippen molar-refractivity contribution < 1.29 is 9.90 Å². The Hall–Kier alpha value is -3.20.